The fourth-order valence-electron chi connectivity index (χ4n) is 2.80. The Morgan fingerprint density at radius 1 is 1.00 bits per heavy atom. The van der Waals surface area contributed by atoms with Crippen molar-refractivity contribution in [1.29, 1.82) is 0 Å². The molecule has 0 fully saturated rings. The first-order valence-corrected chi connectivity index (χ1v) is 8.18. The van der Waals surface area contributed by atoms with E-state index in [0.29, 0.717) is 0 Å². The van der Waals surface area contributed by atoms with Gasteiger partial charge >= 0.3 is 0 Å². The maximum Gasteiger partial charge on any atom is 0.132 e. The summed E-state index contributed by atoms with van der Waals surface area (Å²) in [6, 6.07) is 16.3. The summed E-state index contributed by atoms with van der Waals surface area (Å²) in [5.41, 5.74) is 5.07. The van der Waals surface area contributed by atoms with Gasteiger partial charge in [-0.3, -0.25) is 10.1 Å². The zero-order chi connectivity index (χ0) is 17.1. The number of nitrogens with zero attached hydrogens (tertiary/aromatic N) is 5. The van der Waals surface area contributed by atoms with Gasteiger partial charge in [-0.25, -0.2) is 0 Å². The van der Waals surface area contributed by atoms with Crippen LogP contribution >= 0.6 is 0 Å². The third kappa shape index (κ3) is 3.33. The van der Waals surface area contributed by atoms with E-state index in [0.717, 1.165) is 41.3 Å². The average molecular weight is 330 g/mol. The van der Waals surface area contributed by atoms with Gasteiger partial charge in [-0.15, -0.1) is 10.2 Å². The zero-order valence-electron chi connectivity index (χ0n) is 13.9. The maximum absolute atomic E-state index is 4.44. The van der Waals surface area contributed by atoms with Gasteiger partial charge in [0.1, 0.15) is 12.2 Å². The molecular weight excluding hydrogens is 312 g/mol. The van der Waals surface area contributed by atoms with Gasteiger partial charge in [0.05, 0.1) is 17.1 Å². The molecule has 1 N–H and O–H groups in total. The summed E-state index contributed by atoms with van der Waals surface area (Å²) in [6.07, 6.45) is 5.29. The highest BCUT2D eigenvalue weighted by molar-refractivity contribution is 5.66. The van der Waals surface area contributed by atoms with Crippen molar-refractivity contribution in [2.45, 2.75) is 12.8 Å². The minimum atomic E-state index is 0.861. The lowest BCUT2D eigenvalue weighted by Gasteiger charge is -2.03. The fourth-order valence-corrected chi connectivity index (χ4v) is 2.80. The first-order chi connectivity index (χ1) is 12.3. The number of nitrogens with one attached hydrogen (secondary N) is 1. The summed E-state index contributed by atoms with van der Waals surface area (Å²) in [5, 5.41) is 15.6. The van der Waals surface area contributed by atoms with Gasteiger partial charge in [-0.2, -0.15) is 5.10 Å². The highest BCUT2D eigenvalue weighted by Gasteiger charge is 2.08. The van der Waals surface area contributed by atoms with E-state index in [2.05, 4.69) is 49.6 Å². The summed E-state index contributed by atoms with van der Waals surface area (Å²) in [7, 11) is 1.97. The molecule has 0 radical (unpaired) electrons. The molecule has 0 aliphatic carbocycles. The molecule has 0 aliphatic heterocycles. The van der Waals surface area contributed by atoms with Gasteiger partial charge in [-0.1, -0.05) is 24.3 Å². The molecule has 25 heavy (non-hydrogen) atoms. The van der Waals surface area contributed by atoms with Crippen LogP contribution in [0.25, 0.3) is 22.6 Å². The highest BCUT2D eigenvalue weighted by atomic mass is 15.2. The van der Waals surface area contributed by atoms with Gasteiger partial charge < -0.3 is 4.57 Å². The van der Waals surface area contributed by atoms with Crippen molar-refractivity contribution in [2.24, 2.45) is 7.05 Å². The molecule has 1 aromatic carbocycles. The van der Waals surface area contributed by atoms with Crippen LogP contribution in [0.2, 0.25) is 0 Å². The predicted octanol–water partition coefficient (Wildman–Crippen LogP) is 3.05. The molecule has 4 aromatic rings. The van der Waals surface area contributed by atoms with Crippen LogP contribution in [0.4, 0.5) is 0 Å². The first kappa shape index (κ1) is 15.3. The summed E-state index contributed by atoms with van der Waals surface area (Å²) in [4.78, 5) is 4.35. The van der Waals surface area contributed by atoms with E-state index in [1.807, 2.05) is 35.9 Å². The van der Waals surface area contributed by atoms with Crippen LogP contribution in [0.3, 0.4) is 0 Å². The smallest absolute Gasteiger partial charge is 0.132 e. The average Bonchev–Trinajstić information content (AvgIpc) is 3.30. The molecule has 0 saturated heterocycles. The Morgan fingerprint density at radius 3 is 2.76 bits per heavy atom. The molecule has 0 saturated carbocycles. The van der Waals surface area contributed by atoms with Crippen molar-refractivity contribution < 1.29 is 0 Å². The third-order valence-corrected chi connectivity index (χ3v) is 4.18. The Morgan fingerprint density at radius 2 is 1.96 bits per heavy atom. The monoisotopic (exact) mass is 330 g/mol. The molecule has 6 nitrogen and oxygen atoms in total. The number of benzene rings is 1. The van der Waals surface area contributed by atoms with Crippen molar-refractivity contribution in [1.82, 2.24) is 29.9 Å². The second-order valence-corrected chi connectivity index (χ2v) is 5.94. The fraction of sp³-hybridized carbons (Fsp3) is 0.158. The van der Waals surface area contributed by atoms with E-state index < -0.39 is 0 Å². The Hall–Kier alpha value is -3.28. The number of aromatic amines is 1. The molecule has 0 unspecified atom stereocenters. The summed E-state index contributed by atoms with van der Waals surface area (Å²) in [5.74, 6) is 0.989. The van der Waals surface area contributed by atoms with Gasteiger partial charge in [-0.05, 0) is 36.2 Å². The van der Waals surface area contributed by atoms with Crippen LogP contribution in [0.15, 0.2) is 61.1 Å². The number of rotatable bonds is 5. The van der Waals surface area contributed by atoms with Crippen LogP contribution in [-0.2, 0) is 19.9 Å². The second kappa shape index (κ2) is 6.68. The number of aromatic nitrogens is 6. The van der Waals surface area contributed by atoms with Crippen molar-refractivity contribution >= 4 is 0 Å². The van der Waals surface area contributed by atoms with Crippen LogP contribution in [0, 0.1) is 0 Å². The van der Waals surface area contributed by atoms with Crippen molar-refractivity contribution in [3.63, 3.8) is 0 Å². The van der Waals surface area contributed by atoms with E-state index >= 15 is 0 Å². The van der Waals surface area contributed by atoms with E-state index in [9.17, 15) is 0 Å². The van der Waals surface area contributed by atoms with Crippen molar-refractivity contribution in [2.75, 3.05) is 0 Å². The molecule has 3 aromatic heterocycles. The maximum atomic E-state index is 4.44. The molecule has 6 heteroatoms. The minimum absolute atomic E-state index is 0.861. The lowest BCUT2D eigenvalue weighted by molar-refractivity contribution is 0.770. The summed E-state index contributed by atoms with van der Waals surface area (Å²) in [6.45, 7) is 0. The Bertz CT molecular complexity index is 970. The molecule has 0 bridgehead atoms. The second-order valence-electron chi connectivity index (χ2n) is 5.94. The van der Waals surface area contributed by atoms with Crippen LogP contribution < -0.4 is 0 Å². The van der Waals surface area contributed by atoms with Crippen molar-refractivity contribution in [3.05, 3.63) is 72.4 Å². The molecule has 0 spiro atoms. The molecule has 124 valence electrons. The van der Waals surface area contributed by atoms with Crippen molar-refractivity contribution in [3.8, 4) is 22.6 Å². The highest BCUT2D eigenvalue weighted by Crippen LogP contribution is 2.23. The van der Waals surface area contributed by atoms with Gasteiger partial charge in [0.15, 0.2) is 0 Å². The van der Waals surface area contributed by atoms with Crippen LogP contribution in [0.5, 0.6) is 0 Å². The number of pyridine rings is 1. The van der Waals surface area contributed by atoms with Crippen LogP contribution in [-0.4, -0.2) is 29.9 Å². The molecule has 0 aliphatic rings. The number of hydrogen-bond donors (Lipinski definition) is 1. The predicted molar refractivity (Wildman–Crippen MR) is 95.7 cm³/mol. The van der Waals surface area contributed by atoms with Gasteiger partial charge in [0, 0.05) is 25.2 Å². The summed E-state index contributed by atoms with van der Waals surface area (Å²) >= 11 is 0. The molecule has 0 atom stereocenters. The number of H-pyrrole nitrogens is 1. The van der Waals surface area contributed by atoms with E-state index in [-0.39, 0.29) is 0 Å². The SMILES string of the molecule is Cn1cnnc1CCc1cccc(-c2cc(-c3ccccn3)[nH]n2)c1. The first-order valence-electron chi connectivity index (χ1n) is 8.18. The lowest BCUT2D eigenvalue weighted by Crippen LogP contribution is -2.00. The van der Waals surface area contributed by atoms with Gasteiger partial charge in [0.25, 0.3) is 0 Å². The summed E-state index contributed by atoms with van der Waals surface area (Å²) < 4.78 is 1.96. The van der Waals surface area contributed by atoms with Gasteiger partial charge in [0.2, 0.25) is 0 Å². The van der Waals surface area contributed by atoms with E-state index in [1.165, 1.54) is 5.56 Å². The molecular formula is C19H18N6. The largest absolute Gasteiger partial charge is 0.321 e. The van der Waals surface area contributed by atoms with E-state index in [4.69, 9.17) is 0 Å². The third-order valence-electron chi connectivity index (χ3n) is 4.18. The van der Waals surface area contributed by atoms with Crippen LogP contribution in [0.1, 0.15) is 11.4 Å². The number of aryl methyl sites for hydroxylation is 3. The lowest BCUT2D eigenvalue weighted by atomic mass is 10.0. The Kier molecular flexibility index (Phi) is 4.08. The molecule has 0 amide bonds. The molecule has 3 heterocycles. The normalized spacial score (nSPS) is 10.9. The standard InChI is InChI=1S/C19H18N6/c1-25-13-21-24-19(25)9-8-14-5-4-6-15(11-14)17-12-18(23-22-17)16-7-2-3-10-20-16/h2-7,10-13H,8-9H2,1H3,(H,22,23). The minimum Gasteiger partial charge on any atom is -0.321 e. The Balaban J connectivity index is 1.53. The zero-order valence-corrected chi connectivity index (χ0v) is 13.9. The Labute approximate surface area is 145 Å². The quantitative estimate of drug-likeness (QED) is 0.610. The van der Waals surface area contributed by atoms with E-state index in [1.54, 1.807) is 12.5 Å². The molecule has 4 rings (SSSR count). The topological polar surface area (TPSA) is 72.3 Å². The number of hydrogen-bond acceptors (Lipinski definition) is 4.